The summed E-state index contributed by atoms with van der Waals surface area (Å²) in [6.45, 7) is 3.65. The molecule has 24 heavy (non-hydrogen) atoms. The van der Waals surface area contributed by atoms with E-state index in [0.717, 1.165) is 22.2 Å². The average molecular weight is 321 g/mol. The summed E-state index contributed by atoms with van der Waals surface area (Å²) >= 11 is 0. The maximum atomic E-state index is 12.0. The Kier molecular flexibility index (Phi) is 4.42. The minimum Gasteiger partial charge on any atom is -0.346 e. The molecule has 0 radical (unpaired) electrons. The smallest absolute Gasteiger partial charge is 0.292 e. The number of rotatable bonds is 5. The van der Waals surface area contributed by atoms with Crippen LogP contribution >= 0.6 is 0 Å². The quantitative estimate of drug-likeness (QED) is 0.702. The summed E-state index contributed by atoms with van der Waals surface area (Å²) in [6.07, 6.45) is 4.28. The fourth-order valence-corrected chi connectivity index (χ4v) is 2.56. The second kappa shape index (κ2) is 6.66. The van der Waals surface area contributed by atoms with Crippen LogP contribution in [0.15, 0.2) is 48.8 Å². The van der Waals surface area contributed by atoms with Gasteiger partial charge in [-0.25, -0.2) is 4.98 Å². The van der Waals surface area contributed by atoms with E-state index in [0.29, 0.717) is 12.1 Å². The van der Waals surface area contributed by atoms with Gasteiger partial charge in [-0.15, -0.1) is 0 Å². The number of aromatic nitrogens is 2. The van der Waals surface area contributed by atoms with Gasteiger partial charge in [0.05, 0.1) is 0 Å². The van der Waals surface area contributed by atoms with Crippen molar-refractivity contribution >= 4 is 28.4 Å². The van der Waals surface area contributed by atoms with E-state index in [-0.39, 0.29) is 11.7 Å². The minimum atomic E-state index is -0.568. The number of benzene rings is 1. The van der Waals surface area contributed by atoms with Crippen molar-refractivity contribution in [1.29, 1.82) is 0 Å². The lowest BCUT2D eigenvalue weighted by molar-refractivity contribution is -0.137. The van der Waals surface area contributed by atoms with E-state index in [1.165, 1.54) is 0 Å². The number of hydrogen-bond donors (Lipinski definition) is 2. The number of Topliss-reactive ketones (excluding diaryl/α,β-unsaturated/α-hetero) is 1. The maximum Gasteiger partial charge on any atom is 0.292 e. The van der Waals surface area contributed by atoms with Crippen molar-refractivity contribution in [2.45, 2.75) is 20.3 Å². The Bertz CT molecular complexity index is 898. The molecule has 1 unspecified atom stereocenters. The molecule has 0 spiro atoms. The number of fused-ring (bicyclic) bond motifs is 1. The van der Waals surface area contributed by atoms with Crippen LogP contribution in [-0.4, -0.2) is 21.7 Å². The molecule has 0 aliphatic rings. The molecule has 2 N–H and O–H groups in total. The molecular weight excluding hydrogens is 302 g/mol. The van der Waals surface area contributed by atoms with Crippen LogP contribution in [0, 0.1) is 5.92 Å². The highest BCUT2D eigenvalue weighted by Crippen LogP contribution is 2.29. The summed E-state index contributed by atoms with van der Waals surface area (Å²) in [7, 11) is 0. The molecule has 3 rings (SSSR count). The van der Waals surface area contributed by atoms with Crippen molar-refractivity contribution in [1.82, 2.24) is 9.97 Å². The summed E-state index contributed by atoms with van der Waals surface area (Å²) in [6, 6.07) is 11.3. The van der Waals surface area contributed by atoms with Gasteiger partial charge >= 0.3 is 0 Å². The third-order valence-corrected chi connectivity index (χ3v) is 4.17. The van der Waals surface area contributed by atoms with Gasteiger partial charge in [0.2, 0.25) is 5.78 Å². The molecule has 1 aromatic carbocycles. The highest BCUT2D eigenvalue weighted by atomic mass is 16.2. The summed E-state index contributed by atoms with van der Waals surface area (Å²) in [5.74, 6) is -1.23. The van der Waals surface area contributed by atoms with Crippen LogP contribution in [0.2, 0.25) is 0 Å². The van der Waals surface area contributed by atoms with Crippen LogP contribution in [0.5, 0.6) is 0 Å². The van der Waals surface area contributed by atoms with E-state index in [9.17, 15) is 9.59 Å². The molecule has 122 valence electrons. The number of aromatic amines is 1. The maximum absolute atomic E-state index is 12.0. The van der Waals surface area contributed by atoms with Gasteiger partial charge in [0.15, 0.2) is 0 Å². The molecule has 1 atom stereocenters. The predicted octanol–water partition coefficient (Wildman–Crippen LogP) is 3.78. The number of hydrogen-bond acceptors (Lipinski definition) is 3. The molecular formula is C19H19N3O2. The zero-order chi connectivity index (χ0) is 17.1. The van der Waals surface area contributed by atoms with E-state index < -0.39 is 5.91 Å². The van der Waals surface area contributed by atoms with Crippen molar-refractivity contribution in [3.8, 4) is 11.1 Å². The van der Waals surface area contributed by atoms with Crippen molar-refractivity contribution in [2.75, 3.05) is 5.32 Å². The van der Waals surface area contributed by atoms with Gasteiger partial charge in [0, 0.05) is 34.9 Å². The van der Waals surface area contributed by atoms with Gasteiger partial charge in [-0.3, -0.25) is 9.59 Å². The Morgan fingerprint density at radius 3 is 2.88 bits per heavy atom. The molecule has 1 amide bonds. The van der Waals surface area contributed by atoms with Gasteiger partial charge in [0.1, 0.15) is 5.65 Å². The standard InChI is InChI=1S/C19H19N3O2/c1-3-12(2)17(23)19(24)22-14-7-4-6-13(10-14)16-11-21-18-15(16)8-5-9-20-18/h4-12H,3H2,1-2H3,(H,20,21)(H,22,24). The van der Waals surface area contributed by atoms with Gasteiger partial charge in [-0.05, 0) is 36.2 Å². The van der Waals surface area contributed by atoms with Crippen molar-refractivity contribution in [2.24, 2.45) is 5.92 Å². The van der Waals surface area contributed by atoms with Gasteiger partial charge in [-0.1, -0.05) is 26.0 Å². The molecule has 0 fully saturated rings. The number of anilines is 1. The first-order valence-corrected chi connectivity index (χ1v) is 7.98. The van der Waals surface area contributed by atoms with Crippen LogP contribution in [-0.2, 0) is 9.59 Å². The minimum absolute atomic E-state index is 0.270. The van der Waals surface area contributed by atoms with E-state index in [1.54, 1.807) is 19.2 Å². The topological polar surface area (TPSA) is 74.8 Å². The SMILES string of the molecule is CCC(C)C(=O)C(=O)Nc1cccc(-c2c[nH]c3ncccc23)c1. The van der Waals surface area contributed by atoms with Crippen LogP contribution in [0.4, 0.5) is 5.69 Å². The second-order valence-electron chi connectivity index (χ2n) is 5.81. The van der Waals surface area contributed by atoms with E-state index >= 15 is 0 Å². The highest BCUT2D eigenvalue weighted by molar-refractivity contribution is 6.41. The molecule has 3 aromatic rings. The summed E-state index contributed by atoms with van der Waals surface area (Å²) in [5.41, 5.74) is 3.37. The molecule has 0 aliphatic heterocycles. The third-order valence-electron chi connectivity index (χ3n) is 4.17. The van der Waals surface area contributed by atoms with Crippen LogP contribution in [0.3, 0.4) is 0 Å². The molecule has 0 saturated carbocycles. The molecule has 0 bridgehead atoms. The van der Waals surface area contributed by atoms with Crippen molar-refractivity contribution < 1.29 is 9.59 Å². The van der Waals surface area contributed by atoms with Gasteiger partial charge < -0.3 is 10.3 Å². The molecule has 5 nitrogen and oxygen atoms in total. The molecule has 2 aromatic heterocycles. The predicted molar refractivity (Wildman–Crippen MR) is 94.6 cm³/mol. The zero-order valence-electron chi connectivity index (χ0n) is 13.7. The number of nitrogens with one attached hydrogen (secondary N) is 2. The Morgan fingerprint density at radius 1 is 1.25 bits per heavy atom. The Morgan fingerprint density at radius 2 is 2.08 bits per heavy atom. The Balaban J connectivity index is 1.87. The average Bonchev–Trinajstić information content (AvgIpc) is 3.04. The fraction of sp³-hybridized carbons (Fsp3) is 0.211. The number of nitrogens with zero attached hydrogens (tertiary/aromatic N) is 1. The lowest BCUT2D eigenvalue weighted by atomic mass is 10.0. The van der Waals surface area contributed by atoms with Gasteiger partial charge in [-0.2, -0.15) is 0 Å². The summed E-state index contributed by atoms with van der Waals surface area (Å²) in [5, 5.41) is 3.70. The first kappa shape index (κ1) is 15.9. The number of H-pyrrole nitrogens is 1. The van der Waals surface area contributed by atoms with E-state index in [4.69, 9.17) is 0 Å². The lowest BCUT2D eigenvalue weighted by Crippen LogP contribution is -2.27. The number of amides is 1. The molecule has 0 saturated heterocycles. The van der Waals surface area contributed by atoms with Crippen LogP contribution < -0.4 is 5.32 Å². The molecule has 2 heterocycles. The van der Waals surface area contributed by atoms with E-state index in [2.05, 4.69) is 15.3 Å². The fourth-order valence-electron chi connectivity index (χ4n) is 2.56. The zero-order valence-corrected chi connectivity index (χ0v) is 13.7. The van der Waals surface area contributed by atoms with Crippen LogP contribution in [0.1, 0.15) is 20.3 Å². The first-order valence-electron chi connectivity index (χ1n) is 7.98. The van der Waals surface area contributed by atoms with Gasteiger partial charge in [0.25, 0.3) is 5.91 Å². The highest BCUT2D eigenvalue weighted by Gasteiger charge is 2.19. The summed E-state index contributed by atoms with van der Waals surface area (Å²) in [4.78, 5) is 31.4. The number of carbonyl (C=O) groups is 2. The third kappa shape index (κ3) is 3.06. The lowest BCUT2D eigenvalue weighted by Gasteiger charge is -2.09. The van der Waals surface area contributed by atoms with Crippen molar-refractivity contribution in [3.63, 3.8) is 0 Å². The van der Waals surface area contributed by atoms with E-state index in [1.807, 2.05) is 43.5 Å². The second-order valence-corrected chi connectivity index (χ2v) is 5.81. The number of ketones is 1. The first-order chi connectivity index (χ1) is 11.6. The summed E-state index contributed by atoms with van der Waals surface area (Å²) < 4.78 is 0. The van der Waals surface area contributed by atoms with Crippen molar-refractivity contribution in [3.05, 3.63) is 48.8 Å². The number of pyridine rings is 1. The molecule has 0 aliphatic carbocycles. The largest absolute Gasteiger partial charge is 0.346 e. The number of carbonyl (C=O) groups excluding carboxylic acids is 2. The Hall–Kier alpha value is -2.95. The molecule has 5 heteroatoms. The normalized spacial score (nSPS) is 12.1. The van der Waals surface area contributed by atoms with Crippen LogP contribution in [0.25, 0.3) is 22.2 Å². The monoisotopic (exact) mass is 321 g/mol. The Labute approximate surface area is 140 Å².